The molecule has 1 unspecified atom stereocenters. The SMILES string of the molecule is COC(=O)CC1CN(S(=O)(=O)c2ccc(=O)[nH]c2)CCO1. The van der Waals surface area contributed by atoms with Crippen LogP contribution in [0.3, 0.4) is 0 Å². The third-order valence-electron chi connectivity index (χ3n) is 3.12. The summed E-state index contributed by atoms with van der Waals surface area (Å²) in [5.41, 5.74) is -0.375. The van der Waals surface area contributed by atoms with Gasteiger partial charge in [-0.15, -0.1) is 0 Å². The van der Waals surface area contributed by atoms with E-state index in [2.05, 4.69) is 9.72 Å². The predicted octanol–water partition coefficient (Wildman–Crippen LogP) is -0.672. The van der Waals surface area contributed by atoms with Crippen molar-refractivity contribution in [2.24, 2.45) is 0 Å². The first kappa shape index (κ1) is 15.7. The maximum Gasteiger partial charge on any atom is 0.308 e. The van der Waals surface area contributed by atoms with Crippen LogP contribution in [0.25, 0.3) is 0 Å². The first-order chi connectivity index (χ1) is 9.93. The highest BCUT2D eigenvalue weighted by molar-refractivity contribution is 7.89. The van der Waals surface area contributed by atoms with Gasteiger partial charge in [0.05, 0.1) is 31.1 Å². The molecule has 21 heavy (non-hydrogen) atoms. The Labute approximate surface area is 121 Å². The minimum Gasteiger partial charge on any atom is -0.469 e. The second-order valence-electron chi connectivity index (χ2n) is 4.52. The topological polar surface area (TPSA) is 106 Å². The lowest BCUT2D eigenvalue weighted by molar-refractivity contribution is -0.145. The molecule has 1 saturated heterocycles. The van der Waals surface area contributed by atoms with E-state index < -0.39 is 22.1 Å². The molecule has 0 aromatic carbocycles. The van der Waals surface area contributed by atoms with Gasteiger partial charge in [0, 0.05) is 25.4 Å². The number of ether oxygens (including phenoxy) is 2. The highest BCUT2D eigenvalue weighted by Gasteiger charge is 2.32. The van der Waals surface area contributed by atoms with Crippen molar-refractivity contribution >= 4 is 16.0 Å². The second kappa shape index (κ2) is 6.37. The minimum atomic E-state index is -3.72. The van der Waals surface area contributed by atoms with Crippen molar-refractivity contribution in [2.45, 2.75) is 17.4 Å². The molecule has 1 aromatic rings. The van der Waals surface area contributed by atoms with Gasteiger partial charge in [0.25, 0.3) is 0 Å². The smallest absolute Gasteiger partial charge is 0.308 e. The number of methoxy groups -OCH3 is 1. The lowest BCUT2D eigenvalue weighted by Crippen LogP contribution is -2.46. The Morgan fingerprint density at radius 1 is 1.52 bits per heavy atom. The summed E-state index contributed by atoms with van der Waals surface area (Å²) >= 11 is 0. The number of nitrogens with one attached hydrogen (secondary N) is 1. The summed E-state index contributed by atoms with van der Waals surface area (Å²) in [4.78, 5) is 24.6. The number of carbonyl (C=O) groups excluding carboxylic acids is 1. The fourth-order valence-corrected chi connectivity index (χ4v) is 3.43. The summed E-state index contributed by atoms with van der Waals surface area (Å²) < 4.78 is 36.0. The number of aromatic nitrogens is 1. The Morgan fingerprint density at radius 2 is 2.29 bits per heavy atom. The van der Waals surface area contributed by atoms with Crippen LogP contribution >= 0.6 is 0 Å². The van der Waals surface area contributed by atoms with Crippen LogP contribution in [0.15, 0.2) is 28.0 Å². The van der Waals surface area contributed by atoms with Gasteiger partial charge in [0.1, 0.15) is 0 Å². The molecule has 0 radical (unpaired) electrons. The molecular formula is C12H16N2O6S. The van der Waals surface area contributed by atoms with Crippen molar-refractivity contribution in [1.82, 2.24) is 9.29 Å². The van der Waals surface area contributed by atoms with Gasteiger partial charge in [0.15, 0.2) is 0 Å². The summed E-state index contributed by atoms with van der Waals surface area (Å²) in [6.07, 6.45) is 0.611. The van der Waals surface area contributed by atoms with Crippen molar-refractivity contribution in [2.75, 3.05) is 26.8 Å². The molecule has 8 nitrogen and oxygen atoms in total. The van der Waals surface area contributed by atoms with Crippen LogP contribution < -0.4 is 5.56 Å². The number of hydrogen-bond acceptors (Lipinski definition) is 6. The normalized spacial score (nSPS) is 20.1. The van der Waals surface area contributed by atoms with E-state index in [0.717, 1.165) is 12.3 Å². The number of hydrogen-bond donors (Lipinski definition) is 1. The Bertz CT molecular complexity index is 648. The number of H-pyrrole nitrogens is 1. The second-order valence-corrected chi connectivity index (χ2v) is 6.46. The standard InChI is InChI=1S/C12H16N2O6S/c1-19-12(16)6-9-8-14(4-5-20-9)21(17,18)10-2-3-11(15)13-7-10/h2-3,7,9H,4-6,8H2,1H3,(H,13,15). The van der Waals surface area contributed by atoms with Gasteiger partial charge in [-0.3, -0.25) is 9.59 Å². The molecule has 2 heterocycles. The monoisotopic (exact) mass is 316 g/mol. The van der Waals surface area contributed by atoms with Crippen LogP contribution in [-0.2, 0) is 24.3 Å². The maximum absolute atomic E-state index is 12.4. The van der Waals surface area contributed by atoms with Gasteiger partial charge in [-0.1, -0.05) is 0 Å². The van der Waals surface area contributed by atoms with Gasteiger partial charge in [-0.05, 0) is 6.07 Å². The molecular weight excluding hydrogens is 300 g/mol. The first-order valence-electron chi connectivity index (χ1n) is 6.31. The predicted molar refractivity (Wildman–Crippen MR) is 72.2 cm³/mol. The van der Waals surface area contributed by atoms with E-state index in [9.17, 15) is 18.0 Å². The molecule has 1 fully saturated rings. The lowest BCUT2D eigenvalue weighted by atomic mass is 10.2. The van der Waals surface area contributed by atoms with Gasteiger partial charge in [0.2, 0.25) is 15.6 Å². The Kier molecular flexibility index (Phi) is 4.76. The van der Waals surface area contributed by atoms with E-state index in [1.807, 2.05) is 0 Å². The van der Waals surface area contributed by atoms with Gasteiger partial charge >= 0.3 is 5.97 Å². The molecule has 1 aliphatic heterocycles. The lowest BCUT2D eigenvalue weighted by Gasteiger charge is -2.31. The molecule has 9 heteroatoms. The Hall–Kier alpha value is -1.71. The van der Waals surface area contributed by atoms with Gasteiger partial charge in [-0.25, -0.2) is 8.42 Å². The molecule has 0 bridgehead atoms. The number of sulfonamides is 1. The molecule has 1 aliphatic rings. The van der Waals surface area contributed by atoms with E-state index in [-0.39, 0.29) is 36.6 Å². The average molecular weight is 316 g/mol. The van der Waals surface area contributed by atoms with E-state index in [0.29, 0.717) is 0 Å². The number of morpholine rings is 1. The molecule has 0 saturated carbocycles. The number of pyridine rings is 1. The van der Waals surface area contributed by atoms with Crippen molar-refractivity contribution in [3.63, 3.8) is 0 Å². The summed E-state index contributed by atoms with van der Waals surface area (Å²) in [5, 5.41) is 0. The van der Waals surface area contributed by atoms with Crippen LogP contribution in [0.4, 0.5) is 0 Å². The first-order valence-corrected chi connectivity index (χ1v) is 7.75. The van der Waals surface area contributed by atoms with E-state index in [1.165, 1.54) is 17.5 Å². The zero-order valence-corrected chi connectivity index (χ0v) is 12.3. The van der Waals surface area contributed by atoms with Gasteiger partial charge in [-0.2, -0.15) is 4.31 Å². The number of nitrogens with zero attached hydrogens (tertiary/aromatic N) is 1. The number of aromatic amines is 1. The highest BCUT2D eigenvalue weighted by Crippen LogP contribution is 2.18. The molecule has 1 aromatic heterocycles. The highest BCUT2D eigenvalue weighted by atomic mass is 32.2. The fourth-order valence-electron chi connectivity index (χ4n) is 2.01. The Balaban J connectivity index is 2.14. The van der Waals surface area contributed by atoms with Crippen LogP contribution in [0.2, 0.25) is 0 Å². The number of carbonyl (C=O) groups is 1. The van der Waals surface area contributed by atoms with Crippen molar-refractivity contribution in [3.05, 3.63) is 28.7 Å². The molecule has 1 atom stereocenters. The van der Waals surface area contributed by atoms with Crippen LogP contribution in [0, 0.1) is 0 Å². The van der Waals surface area contributed by atoms with E-state index in [4.69, 9.17) is 4.74 Å². The van der Waals surface area contributed by atoms with Crippen molar-refractivity contribution in [1.29, 1.82) is 0 Å². The third kappa shape index (κ3) is 3.69. The Morgan fingerprint density at radius 3 is 2.90 bits per heavy atom. The molecule has 0 aliphatic carbocycles. The summed E-state index contributed by atoms with van der Waals surface area (Å²) in [6.45, 7) is 0.458. The van der Waals surface area contributed by atoms with Crippen molar-refractivity contribution in [3.8, 4) is 0 Å². The van der Waals surface area contributed by atoms with Crippen LogP contribution in [-0.4, -0.2) is 56.6 Å². The van der Waals surface area contributed by atoms with Crippen LogP contribution in [0.5, 0.6) is 0 Å². The molecule has 1 N–H and O–H groups in total. The quantitative estimate of drug-likeness (QED) is 0.738. The van der Waals surface area contributed by atoms with E-state index in [1.54, 1.807) is 0 Å². The largest absolute Gasteiger partial charge is 0.469 e. The van der Waals surface area contributed by atoms with Crippen molar-refractivity contribution < 1.29 is 22.7 Å². The molecule has 2 rings (SSSR count). The van der Waals surface area contributed by atoms with E-state index >= 15 is 0 Å². The number of rotatable bonds is 4. The third-order valence-corrected chi connectivity index (χ3v) is 4.98. The minimum absolute atomic E-state index is 0.000757. The molecule has 0 amide bonds. The summed E-state index contributed by atoms with van der Waals surface area (Å²) in [6, 6.07) is 2.40. The van der Waals surface area contributed by atoms with Gasteiger partial charge < -0.3 is 14.5 Å². The maximum atomic E-state index is 12.4. The zero-order chi connectivity index (χ0) is 15.5. The molecule has 116 valence electrons. The summed E-state index contributed by atoms with van der Waals surface area (Å²) in [7, 11) is -2.46. The average Bonchev–Trinajstić information content (AvgIpc) is 2.48. The zero-order valence-electron chi connectivity index (χ0n) is 11.4. The molecule has 0 spiro atoms. The fraction of sp³-hybridized carbons (Fsp3) is 0.500. The number of esters is 1. The van der Waals surface area contributed by atoms with Crippen LogP contribution in [0.1, 0.15) is 6.42 Å². The summed E-state index contributed by atoms with van der Waals surface area (Å²) in [5.74, 6) is -0.455.